The van der Waals surface area contributed by atoms with E-state index in [9.17, 15) is 4.79 Å². The first-order valence-electron chi connectivity index (χ1n) is 10.8. The van der Waals surface area contributed by atoms with Crippen molar-refractivity contribution in [2.45, 2.75) is 39.7 Å². The number of ether oxygens (including phenoxy) is 2. The molecular weight excluding hydrogens is 406 g/mol. The molecule has 3 heterocycles. The van der Waals surface area contributed by atoms with Gasteiger partial charge in [0.25, 0.3) is 0 Å². The van der Waals surface area contributed by atoms with Crippen LogP contribution < -0.4 is 9.47 Å². The Labute approximate surface area is 188 Å². The van der Waals surface area contributed by atoms with Crippen molar-refractivity contribution in [1.82, 2.24) is 14.6 Å². The van der Waals surface area contributed by atoms with E-state index in [1.54, 1.807) is 20.3 Å². The van der Waals surface area contributed by atoms with Gasteiger partial charge in [-0.3, -0.25) is 9.36 Å². The lowest BCUT2D eigenvalue weighted by Gasteiger charge is -2.25. The summed E-state index contributed by atoms with van der Waals surface area (Å²) in [4.78, 5) is 15.1. The molecule has 1 saturated heterocycles. The molecule has 3 aromatic rings. The predicted octanol–water partition coefficient (Wildman–Crippen LogP) is 4.78. The zero-order chi connectivity index (χ0) is 22.8. The Hall–Kier alpha value is -3.48. The highest BCUT2D eigenvalue weighted by atomic mass is 16.5. The second kappa shape index (κ2) is 8.94. The fourth-order valence-corrected chi connectivity index (χ4v) is 4.48. The Morgan fingerprint density at radius 3 is 2.66 bits per heavy atom. The molecule has 0 radical (unpaired) electrons. The van der Waals surface area contributed by atoms with E-state index in [0.717, 1.165) is 58.4 Å². The van der Waals surface area contributed by atoms with E-state index in [4.69, 9.17) is 14.0 Å². The van der Waals surface area contributed by atoms with E-state index in [2.05, 4.69) is 11.2 Å². The number of benzene rings is 1. The minimum Gasteiger partial charge on any atom is -0.497 e. The van der Waals surface area contributed by atoms with Crippen LogP contribution in [0.2, 0.25) is 0 Å². The van der Waals surface area contributed by atoms with Gasteiger partial charge in [0.15, 0.2) is 5.82 Å². The number of methoxy groups -OCH3 is 2. The standard InChI is InChI=1S/C25H29N3O4/c1-16-13-19(18(3)28(16)24-14-17(2)32-26-24)8-11-25(29)27-12-6-7-22(27)21-15-20(30-4)9-10-23(21)31-5/h8-11,13-15,22H,6-7,12H2,1-5H3. The quantitative estimate of drug-likeness (QED) is 0.521. The Morgan fingerprint density at radius 2 is 1.97 bits per heavy atom. The molecule has 0 N–H and O–H groups in total. The van der Waals surface area contributed by atoms with Crippen LogP contribution in [0.15, 0.2) is 40.9 Å². The van der Waals surface area contributed by atoms with Gasteiger partial charge in [0.1, 0.15) is 17.3 Å². The number of aromatic nitrogens is 2. The van der Waals surface area contributed by atoms with Crippen molar-refractivity contribution in [3.8, 4) is 17.3 Å². The number of aryl methyl sites for hydroxylation is 2. The molecule has 1 fully saturated rings. The Bertz CT molecular complexity index is 1160. The maximum Gasteiger partial charge on any atom is 0.247 e. The molecule has 1 aromatic carbocycles. The van der Waals surface area contributed by atoms with Gasteiger partial charge >= 0.3 is 0 Å². The number of amides is 1. The van der Waals surface area contributed by atoms with Crippen molar-refractivity contribution in [3.05, 3.63) is 64.7 Å². The van der Waals surface area contributed by atoms with E-state index in [0.29, 0.717) is 6.54 Å². The topological polar surface area (TPSA) is 69.7 Å². The summed E-state index contributed by atoms with van der Waals surface area (Å²) in [6, 6.07) is 9.64. The summed E-state index contributed by atoms with van der Waals surface area (Å²) in [6.45, 7) is 6.61. The summed E-state index contributed by atoms with van der Waals surface area (Å²) in [5, 5.41) is 4.12. The van der Waals surface area contributed by atoms with Gasteiger partial charge < -0.3 is 18.9 Å². The van der Waals surface area contributed by atoms with Crippen molar-refractivity contribution in [2.24, 2.45) is 0 Å². The molecule has 0 spiro atoms. The van der Waals surface area contributed by atoms with Gasteiger partial charge in [0, 0.05) is 35.6 Å². The molecule has 1 aliphatic rings. The van der Waals surface area contributed by atoms with Crippen LogP contribution >= 0.6 is 0 Å². The van der Waals surface area contributed by atoms with E-state index in [1.807, 2.05) is 60.6 Å². The lowest BCUT2D eigenvalue weighted by molar-refractivity contribution is -0.126. The number of hydrogen-bond donors (Lipinski definition) is 0. The minimum absolute atomic E-state index is 0.0144. The molecule has 2 aromatic heterocycles. The van der Waals surface area contributed by atoms with Gasteiger partial charge in [-0.2, -0.15) is 0 Å². The van der Waals surface area contributed by atoms with E-state index in [1.165, 1.54) is 0 Å². The van der Waals surface area contributed by atoms with Crippen molar-refractivity contribution in [2.75, 3.05) is 20.8 Å². The van der Waals surface area contributed by atoms with Gasteiger partial charge in [-0.05, 0) is 69.5 Å². The first kappa shape index (κ1) is 21.7. The molecule has 32 heavy (non-hydrogen) atoms. The molecule has 168 valence electrons. The highest BCUT2D eigenvalue weighted by Gasteiger charge is 2.31. The summed E-state index contributed by atoms with van der Waals surface area (Å²) in [6.07, 6.45) is 5.38. The van der Waals surface area contributed by atoms with E-state index in [-0.39, 0.29) is 11.9 Å². The zero-order valence-corrected chi connectivity index (χ0v) is 19.2. The van der Waals surface area contributed by atoms with Crippen molar-refractivity contribution in [3.63, 3.8) is 0 Å². The molecule has 1 amide bonds. The first-order valence-corrected chi connectivity index (χ1v) is 10.8. The van der Waals surface area contributed by atoms with Crippen molar-refractivity contribution < 1.29 is 18.8 Å². The van der Waals surface area contributed by atoms with Crippen LogP contribution in [-0.4, -0.2) is 41.3 Å². The first-order chi connectivity index (χ1) is 15.4. The monoisotopic (exact) mass is 435 g/mol. The average Bonchev–Trinajstić information content (AvgIpc) is 3.50. The van der Waals surface area contributed by atoms with Gasteiger partial charge in [0.2, 0.25) is 5.91 Å². The highest BCUT2D eigenvalue weighted by Crippen LogP contribution is 2.39. The minimum atomic E-state index is -0.0391. The maximum atomic E-state index is 13.2. The largest absolute Gasteiger partial charge is 0.497 e. The SMILES string of the molecule is COc1ccc(OC)c(C2CCCN2C(=O)C=Cc2cc(C)n(-c3cc(C)on3)c2C)c1. The predicted molar refractivity (Wildman–Crippen MR) is 122 cm³/mol. The van der Waals surface area contributed by atoms with Crippen LogP contribution in [0, 0.1) is 20.8 Å². The van der Waals surface area contributed by atoms with Gasteiger partial charge in [-0.25, -0.2) is 0 Å². The molecule has 4 rings (SSSR count). The van der Waals surface area contributed by atoms with Gasteiger partial charge in [-0.15, -0.1) is 0 Å². The summed E-state index contributed by atoms with van der Waals surface area (Å²) >= 11 is 0. The molecule has 1 unspecified atom stereocenters. The summed E-state index contributed by atoms with van der Waals surface area (Å²) in [5.74, 6) is 3.01. The van der Waals surface area contributed by atoms with E-state index < -0.39 is 0 Å². The van der Waals surface area contributed by atoms with E-state index >= 15 is 0 Å². The molecular formula is C25H29N3O4. The van der Waals surface area contributed by atoms with Crippen molar-refractivity contribution in [1.29, 1.82) is 0 Å². The van der Waals surface area contributed by atoms with Crippen LogP contribution in [0.25, 0.3) is 11.9 Å². The third-order valence-corrected chi connectivity index (χ3v) is 6.05. The molecule has 0 saturated carbocycles. The molecule has 0 bridgehead atoms. The average molecular weight is 436 g/mol. The third-order valence-electron chi connectivity index (χ3n) is 6.05. The molecule has 0 aliphatic carbocycles. The number of rotatable bonds is 6. The Balaban J connectivity index is 1.58. The van der Waals surface area contributed by atoms with Crippen molar-refractivity contribution >= 4 is 12.0 Å². The van der Waals surface area contributed by atoms with Crippen LogP contribution in [-0.2, 0) is 4.79 Å². The summed E-state index contributed by atoms with van der Waals surface area (Å²) < 4.78 is 18.2. The second-order valence-corrected chi connectivity index (χ2v) is 8.09. The summed E-state index contributed by atoms with van der Waals surface area (Å²) in [5.41, 5.74) is 3.99. The van der Waals surface area contributed by atoms with Crippen LogP contribution in [0.1, 0.15) is 47.2 Å². The third kappa shape index (κ3) is 4.02. The molecule has 1 atom stereocenters. The number of nitrogens with zero attached hydrogens (tertiary/aromatic N) is 3. The van der Waals surface area contributed by atoms with Crippen LogP contribution in [0.3, 0.4) is 0 Å². The number of likely N-dealkylation sites (tertiary alicyclic amines) is 1. The van der Waals surface area contributed by atoms with Crippen LogP contribution in [0.4, 0.5) is 0 Å². The molecule has 7 nitrogen and oxygen atoms in total. The number of hydrogen-bond acceptors (Lipinski definition) is 5. The Kier molecular flexibility index (Phi) is 6.08. The normalized spacial score (nSPS) is 16.2. The molecule has 1 aliphatic heterocycles. The lowest BCUT2D eigenvalue weighted by atomic mass is 10.0. The fraction of sp³-hybridized carbons (Fsp3) is 0.360. The zero-order valence-electron chi connectivity index (χ0n) is 19.2. The fourth-order valence-electron chi connectivity index (χ4n) is 4.48. The number of carbonyl (C=O) groups excluding carboxylic acids is 1. The highest BCUT2D eigenvalue weighted by molar-refractivity contribution is 5.92. The summed E-state index contributed by atoms with van der Waals surface area (Å²) in [7, 11) is 3.29. The Morgan fingerprint density at radius 1 is 1.16 bits per heavy atom. The maximum absolute atomic E-state index is 13.2. The molecule has 7 heteroatoms. The number of carbonyl (C=O) groups is 1. The van der Waals surface area contributed by atoms with Crippen LogP contribution in [0.5, 0.6) is 11.5 Å². The second-order valence-electron chi connectivity index (χ2n) is 8.09. The van der Waals surface area contributed by atoms with Gasteiger partial charge in [-0.1, -0.05) is 5.16 Å². The lowest BCUT2D eigenvalue weighted by Crippen LogP contribution is -2.29. The van der Waals surface area contributed by atoms with Gasteiger partial charge in [0.05, 0.1) is 20.3 Å². The smallest absolute Gasteiger partial charge is 0.247 e.